The van der Waals surface area contributed by atoms with Gasteiger partial charge in [0.1, 0.15) is 11.5 Å². The molecule has 0 radical (unpaired) electrons. The number of nitrogens with zero attached hydrogens (tertiary/aromatic N) is 4. The van der Waals surface area contributed by atoms with Crippen molar-refractivity contribution in [2.24, 2.45) is 0 Å². The summed E-state index contributed by atoms with van der Waals surface area (Å²) in [5.41, 5.74) is 3.49. The van der Waals surface area contributed by atoms with Gasteiger partial charge in [0.25, 0.3) is 11.8 Å². The number of likely N-dealkylation sites (N-methyl/N-ethyl adjacent to an activating group) is 2. The van der Waals surface area contributed by atoms with Gasteiger partial charge < -0.3 is 38.5 Å². The maximum absolute atomic E-state index is 13.6. The summed E-state index contributed by atoms with van der Waals surface area (Å²) in [4.78, 5) is 60.3. The van der Waals surface area contributed by atoms with Gasteiger partial charge >= 0.3 is 11.9 Å². The first-order chi connectivity index (χ1) is 27.8. The maximum atomic E-state index is 13.6. The molecule has 0 aromatic heterocycles. The van der Waals surface area contributed by atoms with Gasteiger partial charge in [-0.1, -0.05) is 48.5 Å². The van der Waals surface area contributed by atoms with Crippen LogP contribution in [0.2, 0.25) is 0 Å². The molecule has 0 aliphatic carbocycles. The first-order valence-corrected chi connectivity index (χ1v) is 20.6. The summed E-state index contributed by atoms with van der Waals surface area (Å²) < 4.78 is 21.7. The van der Waals surface area contributed by atoms with Crippen LogP contribution in [0, 0.1) is 0 Å². The van der Waals surface area contributed by atoms with E-state index in [0.717, 1.165) is 43.8 Å². The molecule has 0 fully saturated rings. The van der Waals surface area contributed by atoms with Gasteiger partial charge in [-0.15, -0.1) is 48.3 Å². The lowest BCUT2D eigenvalue weighted by atomic mass is 10.1. The maximum Gasteiger partial charge on any atom is 0.303 e. The third kappa shape index (κ3) is 12.8. The van der Waals surface area contributed by atoms with Crippen molar-refractivity contribution in [2.45, 2.75) is 46.3 Å². The minimum atomic E-state index is -0.916. The molecule has 4 atom stereocenters. The molecule has 2 heterocycles. The Bertz CT molecular complexity index is 1900. The van der Waals surface area contributed by atoms with Crippen molar-refractivity contribution in [3.05, 3.63) is 108 Å². The van der Waals surface area contributed by atoms with Gasteiger partial charge in [-0.2, -0.15) is 0 Å². The van der Waals surface area contributed by atoms with E-state index in [-0.39, 0.29) is 47.1 Å². The molecule has 0 saturated carbocycles. The van der Waals surface area contributed by atoms with Crippen molar-refractivity contribution in [1.29, 1.82) is 0 Å². The standard InChI is InChI=1S/2C22H26N2O4S.2ClH/c2*1-15(25)28-20-21(16-9-11-17(27-4)12-10-16)29-19-8-6-5-7-18(19)24(22(20)26)14-13-23(2)3;;/h2*5-12,20-21H,13-14H2,1-4H3;2*1H/t2*20-,21+;;/m11../s1. The molecule has 2 aliphatic rings. The molecule has 12 nitrogen and oxygen atoms in total. The van der Waals surface area contributed by atoms with Crippen molar-refractivity contribution in [1.82, 2.24) is 9.80 Å². The summed E-state index contributed by atoms with van der Waals surface area (Å²) in [7, 11) is 11.1. The average Bonchev–Trinajstić information content (AvgIpc) is 3.39. The fourth-order valence-electron chi connectivity index (χ4n) is 6.48. The number of esters is 2. The molecule has 16 heteroatoms. The van der Waals surface area contributed by atoms with E-state index in [9.17, 15) is 19.2 Å². The van der Waals surface area contributed by atoms with E-state index in [0.29, 0.717) is 26.2 Å². The Morgan fingerprint density at radius 3 is 1.20 bits per heavy atom. The lowest BCUT2D eigenvalue weighted by Gasteiger charge is -2.28. The number of ether oxygens (including phenoxy) is 4. The van der Waals surface area contributed by atoms with Crippen LogP contribution in [0.1, 0.15) is 35.5 Å². The second-order valence-corrected chi connectivity index (χ2v) is 16.6. The summed E-state index contributed by atoms with van der Waals surface area (Å²) in [6.07, 6.45) is -1.83. The van der Waals surface area contributed by atoms with Gasteiger partial charge in [0.15, 0.2) is 12.2 Å². The van der Waals surface area contributed by atoms with Crippen LogP contribution in [0.3, 0.4) is 0 Å². The van der Waals surface area contributed by atoms with Crippen molar-refractivity contribution < 1.29 is 38.1 Å². The topological polar surface area (TPSA) is 118 Å². The summed E-state index contributed by atoms with van der Waals surface area (Å²) >= 11 is 3.08. The highest BCUT2D eigenvalue weighted by atomic mass is 35.5. The first kappa shape index (κ1) is 49.9. The molecule has 2 amide bonds. The van der Waals surface area contributed by atoms with Crippen LogP contribution in [-0.2, 0) is 28.7 Å². The van der Waals surface area contributed by atoms with Crippen molar-refractivity contribution >= 4 is 83.5 Å². The van der Waals surface area contributed by atoms with E-state index in [4.69, 9.17) is 18.9 Å². The van der Waals surface area contributed by atoms with Crippen LogP contribution >= 0.6 is 48.3 Å². The monoisotopic (exact) mass is 900 g/mol. The number of thioether (sulfide) groups is 2. The molecule has 0 bridgehead atoms. The number of anilines is 2. The summed E-state index contributed by atoms with van der Waals surface area (Å²) in [6.45, 7) is 5.10. The molecule has 4 aromatic carbocycles. The largest absolute Gasteiger partial charge is 0.497 e. The van der Waals surface area contributed by atoms with Crippen LogP contribution < -0.4 is 19.3 Å². The number of halogens is 2. The smallest absolute Gasteiger partial charge is 0.303 e. The van der Waals surface area contributed by atoms with Crippen LogP contribution in [0.15, 0.2) is 107 Å². The van der Waals surface area contributed by atoms with Gasteiger partial charge in [0, 0.05) is 49.8 Å². The van der Waals surface area contributed by atoms with Crippen molar-refractivity contribution in [3.8, 4) is 11.5 Å². The van der Waals surface area contributed by atoms with Crippen molar-refractivity contribution in [3.63, 3.8) is 0 Å². The van der Waals surface area contributed by atoms with E-state index < -0.39 is 24.1 Å². The van der Waals surface area contributed by atoms with Crippen LogP contribution in [0.4, 0.5) is 11.4 Å². The van der Waals surface area contributed by atoms with E-state index in [1.165, 1.54) is 13.8 Å². The second kappa shape index (κ2) is 23.5. The number of methoxy groups -OCH3 is 2. The predicted molar refractivity (Wildman–Crippen MR) is 243 cm³/mol. The Balaban J connectivity index is 0.000000310. The average molecular weight is 902 g/mol. The van der Waals surface area contributed by atoms with Gasteiger partial charge in [-0.3, -0.25) is 19.2 Å². The van der Waals surface area contributed by atoms with Gasteiger partial charge in [-0.25, -0.2) is 0 Å². The summed E-state index contributed by atoms with van der Waals surface area (Å²) in [5.74, 6) is 0.106. The van der Waals surface area contributed by atoms with Crippen LogP contribution in [0.25, 0.3) is 0 Å². The highest BCUT2D eigenvalue weighted by Crippen LogP contribution is 2.48. The summed E-state index contributed by atoms with van der Waals surface area (Å²) in [6, 6.07) is 30.7. The number of fused-ring (bicyclic) bond motifs is 2. The van der Waals surface area contributed by atoms with Gasteiger partial charge in [0.2, 0.25) is 0 Å². The normalized spacial score (nSPS) is 18.3. The number of hydrogen-bond acceptors (Lipinski definition) is 12. The molecule has 0 unspecified atom stereocenters. The Hall–Kier alpha value is -4.44. The number of carbonyl (C=O) groups excluding carboxylic acids is 4. The number of benzene rings is 4. The lowest BCUT2D eigenvalue weighted by molar-refractivity contribution is -0.153. The quantitative estimate of drug-likeness (QED) is 0.131. The highest BCUT2D eigenvalue weighted by Gasteiger charge is 2.42. The molecular formula is C44H54Cl2N4O8S2. The minimum absolute atomic E-state index is 0. The van der Waals surface area contributed by atoms with Crippen molar-refractivity contribution in [2.75, 3.05) is 78.4 Å². The zero-order valence-corrected chi connectivity index (χ0v) is 38.3. The zero-order chi connectivity index (χ0) is 41.9. The first-order valence-electron chi connectivity index (χ1n) is 18.9. The van der Waals surface area contributed by atoms with E-state index in [1.807, 2.05) is 135 Å². The van der Waals surface area contributed by atoms with Gasteiger partial charge in [-0.05, 0) is 87.8 Å². The molecule has 0 N–H and O–H groups in total. The number of amides is 2. The molecule has 0 spiro atoms. The molecule has 324 valence electrons. The number of carbonyl (C=O) groups is 4. The van der Waals surface area contributed by atoms with Gasteiger partial charge in [0.05, 0.1) is 36.1 Å². The number of hydrogen-bond donors (Lipinski definition) is 0. The minimum Gasteiger partial charge on any atom is -0.497 e. The Morgan fingerprint density at radius 2 is 0.900 bits per heavy atom. The fraction of sp³-hybridized carbons (Fsp3) is 0.364. The molecular weight excluding hydrogens is 848 g/mol. The van der Waals surface area contributed by atoms with Crippen LogP contribution in [-0.4, -0.2) is 114 Å². The van der Waals surface area contributed by atoms with E-state index in [1.54, 1.807) is 47.5 Å². The molecule has 0 saturated heterocycles. The Labute approximate surface area is 374 Å². The third-order valence-corrected chi connectivity index (χ3v) is 12.1. The SMILES string of the molecule is COc1ccc([C@@H]2Sc3ccccc3N(CCN(C)C)C(=O)[C@@H]2OC(C)=O)cc1.COc1ccc([C@@H]2Sc3ccccc3N(CCN(C)C)C(=O)[C@@H]2OC(C)=O)cc1.Cl.Cl. The highest BCUT2D eigenvalue weighted by molar-refractivity contribution is 8.00. The number of rotatable bonds is 12. The van der Waals surface area contributed by atoms with Crippen LogP contribution in [0.5, 0.6) is 11.5 Å². The molecule has 6 rings (SSSR count). The molecule has 2 aliphatic heterocycles. The Morgan fingerprint density at radius 1 is 0.567 bits per heavy atom. The summed E-state index contributed by atoms with van der Waals surface area (Å²) in [5, 5.41) is -0.717. The predicted octanol–water partition coefficient (Wildman–Crippen LogP) is 7.58. The van der Waals surface area contributed by atoms with E-state index >= 15 is 0 Å². The molecule has 4 aromatic rings. The fourth-order valence-corrected chi connectivity index (χ4v) is 9.11. The number of para-hydroxylation sites is 2. The lowest BCUT2D eigenvalue weighted by Crippen LogP contribution is -2.45. The molecule has 60 heavy (non-hydrogen) atoms. The Kier molecular flexibility index (Phi) is 19.6. The van der Waals surface area contributed by atoms with E-state index in [2.05, 4.69) is 0 Å². The zero-order valence-electron chi connectivity index (χ0n) is 35.1. The third-order valence-electron chi connectivity index (χ3n) is 9.40. The second-order valence-electron chi connectivity index (χ2n) is 14.2.